The molecule has 0 spiro atoms. The van der Waals surface area contributed by atoms with E-state index in [0.717, 1.165) is 16.8 Å². The molecular weight excluding hydrogens is 402 g/mol. The lowest BCUT2D eigenvalue weighted by Crippen LogP contribution is -2.52. The minimum absolute atomic E-state index is 0.0635. The summed E-state index contributed by atoms with van der Waals surface area (Å²) in [5.41, 5.74) is 6.69. The van der Waals surface area contributed by atoms with Gasteiger partial charge in [-0.2, -0.15) is 0 Å². The fourth-order valence-electron chi connectivity index (χ4n) is 3.95. The van der Waals surface area contributed by atoms with Crippen LogP contribution in [0.5, 0.6) is 0 Å². The van der Waals surface area contributed by atoms with Crippen LogP contribution in [-0.2, 0) is 4.79 Å². The van der Waals surface area contributed by atoms with Crippen molar-refractivity contribution in [3.8, 4) is 0 Å². The van der Waals surface area contributed by atoms with Gasteiger partial charge in [0.05, 0.1) is 0 Å². The van der Waals surface area contributed by atoms with Crippen molar-refractivity contribution >= 4 is 34.9 Å². The second kappa shape index (κ2) is 8.38. The molecule has 0 bridgehead atoms. The van der Waals surface area contributed by atoms with Gasteiger partial charge < -0.3 is 16.0 Å². The average molecular weight is 426 g/mol. The number of carbonyl (C=O) groups is 2. The van der Waals surface area contributed by atoms with Crippen molar-refractivity contribution in [3.05, 3.63) is 70.8 Å². The first kappa shape index (κ1) is 20.3. The summed E-state index contributed by atoms with van der Waals surface area (Å²) < 4.78 is 0. The lowest BCUT2D eigenvalue weighted by atomic mass is 9.90. The van der Waals surface area contributed by atoms with E-state index in [2.05, 4.69) is 28.3 Å². The van der Waals surface area contributed by atoms with E-state index in [0.29, 0.717) is 17.3 Å². The Balaban J connectivity index is 1.55. The third kappa shape index (κ3) is 3.99. The molecule has 2 aliphatic heterocycles. The normalized spacial score (nSPS) is 22.8. The first-order valence-corrected chi connectivity index (χ1v) is 10.3. The van der Waals surface area contributed by atoms with Crippen LogP contribution < -0.4 is 21.4 Å². The number of rotatable bonds is 4. The van der Waals surface area contributed by atoms with Crippen molar-refractivity contribution in [2.45, 2.75) is 32.0 Å². The topological polar surface area (TPSA) is 85.5 Å². The number of urea groups is 1. The number of hydrogen-bond acceptors (Lipinski definition) is 4. The van der Waals surface area contributed by atoms with Crippen molar-refractivity contribution in [2.75, 3.05) is 11.9 Å². The van der Waals surface area contributed by atoms with Crippen LogP contribution in [-0.4, -0.2) is 35.7 Å². The maximum Gasteiger partial charge on any atom is 0.319 e. The van der Waals surface area contributed by atoms with Crippen LogP contribution in [0.1, 0.15) is 30.9 Å². The van der Waals surface area contributed by atoms with Crippen molar-refractivity contribution in [1.82, 2.24) is 21.1 Å². The summed E-state index contributed by atoms with van der Waals surface area (Å²) in [7, 11) is 0. The van der Waals surface area contributed by atoms with E-state index in [1.54, 1.807) is 11.1 Å². The largest absolute Gasteiger partial charge is 0.363 e. The lowest BCUT2D eigenvalue weighted by molar-refractivity contribution is -0.130. The average Bonchev–Trinajstić information content (AvgIpc) is 3.06. The van der Waals surface area contributed by atoms with Gasteiger partial charge in [0.25, 0.3) is 5.91 Å². The molecule has 2 aliphatic rings. The van der Waals surface area contributed by atoms with E-state index >= 15 is 0 Å². The van der Waals surface area contributed by atoms with Crippen molar-refractivity contribution < 1.29 is 9.59 Å². The van der Waals surface area contributed by atoms with E-state index in [9.17, 15) is 9.59 Å². The molecule has 3 amide bonds. The Morgan fingerprint density at radius 2 is 1.83 bits per heavy atom. The summed E-state index contributed by atoms with van der Waals surface area (Å²) in [5.74, 6) is -0.0322. The third-order valence-electron chi connectivity index (χ3n) is 5.35. The highest BCUT2D eigenvalue weighted by molar-refractivity contribution is 6.30. The van der Waals surface area contributed by atoms with Gasteiger partial charge in [-0.25, -0.2) is 10.2 Å². The summed E-state index contributed by atoms with van der Waals surface area (Å²) in [6, 6.07) is 15.0. The van der Waals surface area contributed by atoms with E-state index in [-0.39, 0.29) is 30.1 Å². The smallest absolute Gasteiger partial charge is 0.319 e. The first-order valence-electron chi connectivity index (χ1n) is 9.94. The van der Waals surface area contributed by atoms with Gasteiger partial charge in [0, 0.05) is 41.0 Å². The third-order valence-corrected chi connectivity index (χ3v) is 5.61. The molecule has 1 saturated heterocycles. The van der Waals surface area contributed by atoms with Gasteiger partial charge in [-0.1, -0.05) is 35.9 Å². The molecule has 0 aliphatic carbocycles. The van der Waals surface area contributed by atoms with E-state index in [1.807, 2.05) is 55.5 Å². The molecule has 4 N–H and O–H groups in total. The van der Waals surface area contributed by atoms with Gasteiger partial charge in [-0.3, -0.25) is 9.80 Å². The molecule has 30 heavy (non-hydrogen) atoms. The van der Waals surface area contributed by atoms with Gasteiger partial charge in [0.15, 0.2) is 0 Å². The van der Waals surface area contributed by atoms with Crippen LogP contribution in [0.15, 0.2) is 54.6 Å². The van der Waals surface area contributed by atoms with Crippen molar-refractivity contribution in [3.63, 3.8) is 0 Å². The number of hydrogen-bond donors (Lipinski definition) is 4. The number of amides is 3. The number of nitrogens with zero attached hydrogens (tertiary/aromatic N) is 1. The van der Waals surface area contributed by atoms with Gasteiger partial charge in [0.2, 0.25) is 0 Å². The molecule has 8 heteroatoms. The van der Waals surface area contributed by atoms with Gasteiger partial charge >= 0.3 is 6.03 Å². The number of nitrogens with one attached hydrogen (secondary N) is 4. The molecule has 2 heterocycles. The lowest BCUT2D eigenvalue weighted by Gasteiger charge is -2.33. The number of anilines is 1. The number of halogens is 1. The van der Waals surface area contributed by atoms with Crippen LogP contribution in [0.4, 0.5) is 10.5 Å². The van der Waals surface area contributed by atoms with E-state index in [4.69, 9.17) is 11.6 Å². The molecule has 0 saturated carbocycles. The maximum atomic E-state index is 12.8. The number of benzene rings is 2. The Labute approximate surface area is 180 Å². The van der Waals surface area contributed by atoms with E-state index < -0.39 is 0 Å². The highest BCUT2D eigenvalue weighted by Crippen LogP contribution is 2.35. The van der Waals surface area contributed by atoms with Crippen LogP contribution in [0.25, 0.3) is 5.70 Å². The van der Waals surface area contributed by atoms with Crippen LogP contribution in [0.3, 0.4) is 0 Å². The molecule has 2 aromatic rings. The molecule has 156 valence electrons. The number of fused-ring (bicyclic) bond motifs is 1. The number of hydrazine groups is 1. The molecule has 1 fully saturated rings. The molecule has 7 nitrogen and oxygen atoms in total. The Hall–Kier alpha value is -3.03. The zero-order valence-corrected chi connectivity index (χ0v) is 17.5. The predicted molar refractivity (Wildman–Crippen MR) is 118 cm³/mol. The predicted octanol–water partition coefficient (Wildman–Crippen LogP) is 3.27. The minimum atomic E-state index is -0.247. The molecule has 0 aromatic heterocycles. The van der Waals surface area contributed by atoms with Crippen LogP contribution in [0, 0.1) is 0 Å². The zero-order valence-electron chi connectivity index (χ0n) is 16.8. The first-order chi connectivity index (χ1) is 14.5. The Morgan fingerprint density at radius 1 is 1.13 bits per heavy atom. The summed E-state index contributed by atoms with van der Waals surface area (Å²) in [6.07, 6.45) is 1.37. The highest BCUT2D eigenvalue weighted by Gasteiger charge is 2.44. The molecule has 3 unspecified atom stereocenters. The fourth-order valence-corrected chi connectivity index (χ4v) is 4.08. The standard InChI is InChI=1S/C22H24ClN5O2/c1-3-24-22(30)25-17-10-6-14(7-11-17)18-12-19(29)28-21(26-18)20(13(2)27-28)15-4-8-16(23)9-5-15/h4-13,20-21,26-27H,3H2,1-2H3,(H2,24,25,30). The summed E-state index contributed by atoms with van der Waals surface area (Å²) in [6.45, 7) is 4.48. The number of carbonyl (C=O) groups excluding carboxylic acids is 2. The van der Waals surface area contributed by atoms with E-state index in [1.165, 1.54) is 0 Å². The summed E-state index contributed by atoms with van der Waals surface area (Å²) in [5, 5.41) is 11.3. The van der Waals surface area contributed by atoms with Crippen LogP contribution in [0.2, 0.25) is 5.02 Å². The molecule has 0 radical (unpaired) electrons. The second-order valence-electron chi connectivity index (χ2n) is 7.41. The molecule has 2 aromatic carbocycles. The SMILES string of the molecule is CCNC(=O)Nc1ccc(C2=CC(=O)N3NC(C)C(c4ccc(Cl)cc4)C3N2)cc1. The fraction of sp³-hybridized carbons (Fsp3) is 0.273. The molecule has 4 rings (SSSR count). The molecule has 3 atom stereocenters. The second-order valence-corrected chi connectivity index (χ2v) is 7.85. The Kier molecular flexibility index (Phi) is 5.65. The quantitative estimate of drug-likeness (QED) is 0.605. The molecular formula is C22H24ClN5O2. The van der Waals surface area contributed by atoms with Gasteiger partial charge in [-0.05, 0) is 49.2 Å². The summed E-state index contributed by atoms with van der Waals surface area (Å²) in [4.78, 5) is 24.5. The van der Waals surface area contributed by atoms with Gasteiger partial charge in [-0.15, -0.1) is 0 Å². The summed E-state index contributed by atoms with van der Waals surface area (Å²) >= 11 is 6.05. The maximum absolute atomic E-state index is 12.8. The van der Waals surface area contributed by atoms with Gasteiger partial charge in [0.1, 0.15) is 6.17 Å². The Morgan fingerprint density at radius 3 is 2.50 bits per heavy atom. The van der Waals surface area contributed by atoms with Crippen molar-refractivity contribution in [2.24, 2.45) is 0 Å². The minimum Gasteiger partial charge on any atom is -0.363 e. The highest BCUT2D eigenvalue weighted by atomic mass is 35.5. The Bertz CT molecular complexity index is 974. The van der Waals surface area contributed by atoms with Crippen LogP contribution >= 0.6 is 11.6 Å². The monoisotopic (exact) mass is 425 g/mol. The zero-order chi connectivity index (χ0) is 21.3. The van der Waals surface area contributed by atoms with Crippen molar-refractivity contribution in [1.29, 1.82) is 0 Å².